The van der Waals surface area contributed by atoms with Crippen LogP contribution in [0.5, 0.6) is 5.75 Å². The molecule has 5 rings (SSSR count). The van der Waals surface area contributed by atoms with Gasteiger partial charge >= 0.3 is 6.18 Å². The highest BCUT2D eigenvalue weighted by Crippen LogP contribution is 2.43. The van der Waals surface area contributed by atoms with Gasteiger partial charge in [-0.05, 0) is 60.5 Å². The summed E-state index contributed by atoms with van der Waals surface area (Å²) in [5, 5.41) is 0.487. The van der Waals surface area contributed by atoms with E-state index in [4.69, 9.17) is 20.8 Å². The zero-order chi connectivity index (χ0) is 27.0. The molecule has 1 atom stereocenters. The van der Waals surface area contributed by atoms with Gasteiger partial charge in [0, 0.05) is 10.7 Å². The Kier molecular flexibility index (Phi) is 6.92. The maximum atomic E-state index is 13.7. The second kappa shape index (κ2) is 10.2. The average Bonchev–Trinajstić information content (AvgIpc) is 3.19. The lowest BCUT2D eigenvalue weighted by Gasteiger charge is -2.26. The van der Waals surface area contributed by atoms with Crippen molar-refractivity contribution in [2.24, 2.45) is 0 Å². The molecule has 38 heavy (non-hydrogen) atoms. The molecule has 1 amide bonds. The van der Waals surface area contributed by atoms with Gasteiger partial charge in [-0.2, -0.15) is 13.2 Å². The maximum absolute atomic E-state index is 13.7. The van der Waals surface area contributed by atoms with Gasteiger partial charge in [-0.1, -0.05) is 49.6 Å². The van der Waals surface area contributed by atoms with E-state index >= 15 is 0 Å². The molecule has 1 aliphatic heterocycles. The molecule has 0 aliphatic carbocycles. The van der Waals surface area contributed by atoms with E-state index in [0.717, 1.165) is 31.4 Å². The number of halogens is 4. The van der Waals surface area contributed by atoms with Crippen LogP contribution in [0.4, 0.5) is 18.9 Å². The summed E-state index contributed by atoms with van der Waals surface area (Å²) in [7, 11) is 0. The van der Waals surface area contributed by atoms with Gasteiger partial charge in [0.25, 0.3) is 5.91 Å². The number of benzene rings is 3. The molecule has 1 aromatic heterocycles. The van der Waals surface area contributed by atoms with E-state index in [1.165, 1.54) is 35.2 Å². The van der Waals surface area contributed by atoms with Crippen molar-refractivity contribution < 1.29 is 27.1 Å². The molecule has 196 valence electrons. The van der Waals surface area contributed by atoms with Crippen LogP contribution in [0, 0.1) is 0 Å². The summed E-state index contributed by atoms with van der Waals surface area (Å²) < 4.78 is 52.2. The van der Waals surface area contributed by atoms with E-state index in [1.54, 1.807) is 24.3 Å². The van der Waals surface area contributed by atoms with E-state index in [9.17, 15) is 22.8 Å². The van der Waals surface area contributed by atoms with E-state index in [0.29, 0.717) is 22.9 Å². The molecule has 0 bridgehead atoms. The third-order valence-electron chi connectivity index (χ3n) is 6.50. The van der Waals surface area contributed by atoms with Gasteiger partial charge in [0.15, 0.2) is 5.43 Å². The lowest BCUT2D eigenvalue weighted by molar-refractivity contribution is -0.137. The minimum absolute atomic E-state index is 0.0115. The van der Waals surface area contributed by atoms with E-state index < -0.39 is 29.1 Å². The number of fused-ring (bicyclic) bond motifs is 2. The average molecular weight is 542 g/mol. The number of ether oxygens (including phenoxy) is 1. The second-order valence-electron chi connectivity index (χ2n) is 9.06. The van der Waals surface area contributed by atoms with Crippen molar-refractivity contribution in [3.63, 3.8) is 0 Å². The summed E-state index contributed by atoms with van der Waals surface area (Å²) in [5.41, 5.74) is -0.682. The molecule has 9 heteroatoms. The molecule has 5 nitrogen and oxygen atoms in total. The Morgan fingerprint density at radius 3 is 2.47 bits per heavy atom. The minimum Gasteiger partial charge on any atom is -0.494 e. The summed E-state index contributed by atoms with van der Waals surface area (Å²) in [6.07, 6.45) is -1.61. The highest BCUT2D eigenvalue weighted by molar-refractivity contribution is 6.31. The molecule has 1 unspecified atom stereocenters. The van der Waals surface area contributed by atoms with Gasteiger partial charge in [-0.15, -0.1) is 0 Å². The number of alkyl halides is 3. The molecule has 2 heterocycles. The summed E-state index contributed by atoms with van der Waals surface area (Å²) in [5.74, 6) is -0.317. The van der Waals surface area contributed by atoms with Gasteiger partial charge < -0.3 is 9.15 Å². The fraction of sp³-hybridized carbons (Fsp3) is 0.241. The fourth-order valence-electron chi connectivity index (χ4n) is 4.65. The zero-order valence-corrected chi connectivity index (χ0v) is 21.1. The number of carbonyl (C=O) groups is 1. The lowest BCUT2D eigenvalue weighted by Crippen LogP contribution is -2.29. The van der Waals surface area contributed by atoms with Gasteiger partial charge in [-0.3, -0.25) is 14.5 Å². The Balaban J connectivity index is 1.64. The number of unbranched alkanes of at least 4 members (excludes halogenated alkanes) is 2. The lowest BCUT2D eigenvalue weighted by atomic mass is 9.98. The van der Waals surface area contributed by atoms with Crippen LogP contribution in [-0.2, 0) is 6.18 Å². The Hall–Kier alpha value is -3.78. The number of hydrogen-bond acceptors (Lipinski definition) is 4. The molecular formula is C29H23ClF3NO4. The van der Waals surface area contributed by atoms with Crippen molar-refractivity contribution >= 4 is 34.2 Å². The van der Waals surface area contributed by atoms with Crippen molar-refractivity contribution in [1.29, 1.82) is 0 Å². The maximum Gasteiger partial charge on any atom is 0.416 e. The quantitative estimate of drug-likeness (QED) is 0.224. The van der Waals surface area contributed by atoms with Crippen molar-refractivity contribution in [1.82, 2.24) is 0 Å². The second-order valence-corrected chi connectivity index (χ2v) is 9.50. The first-order valence-corrected chi connectivity index (χ1v) is 12.6. The van der Waals surface area contributed by atoms with Crippen LogP contribution in [0.15, 0.2) is 75.9 Å². The monoisotopic (exact) mass is 541 g/mol. The molecule has 4 aromatic rings. The largest absolute Gasteiger partial charge is 0.494 e. The molecule has 0 saturated carbocycles. The Labute approximate surface area is 221 Å². The first-order chi connectivity index (χ1) is 18.2. The predicted octanol–water partition coefficient (Wildman–Crippen LogP) is 7.78. The predicted molar refractivity (Wildman–Crippen MR) is 139 cm³/mol. The standard InChI is InChI=1S/C29H23ClF3NO4/c1-2-3-4-14-37-21-11-8-17(9-12-21)25-24-26(35)22-16-19(30)10-13-23(22)38-27(24)28(36)34(25)20-7-5-6-18(15-20)29(31,32)33/h5-13,15-16,25H,2-4,14H2,1H3. The molecule has 0 N–H and O–H groups in total. The van der Waals surface area contributed by atoms with Crippen LogP contribution in [0.25, 0.3) is 11.0 Å². The molecule has 0 spiro atoms. The third kappa shape index (κ3) is 4.76. The molecule has 0 fully saturated rings. The smallest absolute Gasteiger partial charge is 0.416 e. The first kappa shape index (κ1) is 25.9. The number of nitrogens with zero attached hydrogens (tertiary/aromatic N) is 1. The summed E-state index contributed by atoms with van der Waals surface area (Å²) in [6.45, 7) is 2.64. The highest BCUT2D eigenvalue weighted by atomic mass is 35.5. The first-order valence-electron chi connectivity index (χ1n) is 12.2. The van der Waals surface area contributed by atoms with Gasteiger partial charge in [0.2, 0.25) is 5.76 Å². The van der Waals surface area contributed by atoms with Crippen molar-refractivity contribution in [2.75, 3.05) is 11.5 Å². The fourth-order valence-corrected chi connectivity index (χ4v) is 4.82. The third-order valence-corrected chi connectivity index (χ3v) is 6.73. The summed E-state index contributed by atoms with van der Waals surface area (Å²) >= 11 is 6.11. The van der Waals surface area contributed by atoms with E-state index in [-0.39, 0.29) is 28.0 Å². The molecular weight excluding hydrogens is 519 g/mol. The minimum atomic E-state index is -4.61. The normalized spacial score (nSPS) is 15.2. The molecule has 3 aromatic carbocycles. The van der Waals surface area contributed by atoms with Crippen LogP contribution >= 0.6 is 11.6 Å². The Morgan fingerprint density at radius 2 is 1.76 bits per heavy atom. The van der Waals surface area contributed by atoms with Crippen LogP contribution < -0.4 is 15.1 Å². The van der Waals surface area contributed by atoms with Crippen LogP contribution in [-0.4, -0.2) is 12.5 Å². The Bertz CT molecular complexity index is 1560. The number of rotatable bonds is 7. The van der Waals surface area contributed by atoms with Crippen molar-refractivity contribution in [3.05, 3.63) is 104 Å². The Morgan fingerprint density at radius 1 is 1.00 bits per heavy atom. The molecule has 0 saturated heterocycles. The highest BCUT2D eigenvalue weighted by Gasteiger charge is 2.44. The van der Waals surface area contributed by atoms with Gasteiger partial charge in [-0.25, -0.2) is 0 Å². The topological polar surface area (TPSA) is 59.8 Å². The zero-order valence-electron chi connectivity index (χ0n) is 20.3. The van der Waals surface area contributed by atoms with Crippen LogP contribution in [0.2, 0.25) is 5.02 Å². The van der Waals surface area contributed by atoms with E-state index in [1.807, 2.05) is 0 Å². The number of amides is 1. The van der Waals surface area contributed by atoms with Crippen molar-refractivity contribution in [3.8, 4) is 5.75 Å². The molecule has 1 aliphatic rings. The SMILES string of the molecule is CCCCCOc1ccc(C2c3c(oc4ccc(Cl)cc4c3=O)C(=O)N2c2cccc(C(F)(F)F)c2)cc1. The number of anilines is 1. The van der Waals surface area contributed by atoms with Crippen LogP contribution in [0.1, 0.15) is 59.5 Å². The van der Waals surface area contributed by atoms with Crippen LogP contribution in [0.3, 0.4) is 0 Å². The summed E-state index contributed by atoms with van der Waals surface area (Å²) in [4.78, 5) is 28.5. The van der Waals surface area contributed by atoms with Gasteiger partial charge in [0.05, 0.1) is 29.2 Å². The van der Waals surface area contributed by atoms with Crippen molar-refractivity contribution in [2.45, 2.75) is 38.4 Å². The van der Waals surface area contributed by atoms with Gasteiger partial charge in [0.1, 0.15) is 11.3 Å². The number of hydrogen-bond donors (Lipinski definition) is 0. The number of carbonyl (C=O) groups excluding carboxylic acids is 1. The molecule has 0 radical (unpaired) electrons. The summed E-state index contributed by atoms with van der Waals surface area (Å²) in [6, 6.07) is 14.7. The van der Waals surface area contributed by atoms with E-state index in [2.05, 4.69) is 6.92 Å².